The fourth-order valence-corrected chi connectivity index (χ4v) is 2.67. The zero-order valence-corrected chi connectivity index (χ0v) is 11.3. The van der Waals surface area contributed by atoms with E-state index in [9.17, 15) is 5.11 Å². The van der Waals surface area contributed by atoms with Gasteiger partial charge in [-0.1, -0.05) is 6.92 Å². The Hall–Kier alpha value is -1.01. The maximum atomic E-state index is 9.52. The minimum atomic E-state index is -0.234. The zero-order chi connectivity index (χ0) is 13.0. The molecule has 2 unspecified atom stereocenters. The number of hydrogen-bond donors (Lipinski definition) is 1. The molecular weight excluding hydrogens is 230 g/mol. The molecule has 0 amide bonds. The number of aryl methyl sites for hydroxylation is 1. The molecule has 1 aliphatic rings. The number of likely N-dealkylation sites (tertiary alicyclic amines) is 1. The predicted octanol–water partition coefficient (Wildman–Crippen LogP) is 0.818. The summed E-state index contributed by atoms with van der Waals surface area (Å²) in [5, 5.41) is 21.4. The van der Waals surface area contributed by atoms with Crippen molar-refractivity contribution in [3.05, 3.63) is 5.82 Å². The maximum absolute atomic E-state index is 9.52. The maximum Gasteiger partial charge on any atom is 0.165 e. The number of hydrogen-bond acceptors (Lipinski definition) is 5. The Bertz CT molecular complexity index is 365. The van der Waals surface area contributed by atoms with E-state index in [1.165, 1.54) is 12.8 Å². The van der Waals surface area contributed by atoms with E-state index < -0.39 is 0 Å². The smallest absolute Gasteiger partial charge is 0.165 e. The van der Waals surface area contributed by atoms with Crippen molar-refractivity contribution in [1.82, 2.24) is 25.1 Å². The van der Waals surface area contributed by atoms with Crippen LogP contribution in [0, 0.1) is 0 Å². The Balaban J connectivity index is 1.97. The Morgan fingerprint density at radius 2 is 2.33 bits per heavy atom. The van der Waals surface area contributed by atoms with Gasteiger partial charge in [-0.2, -0.15) is 0 Å². The lowest BCUT2D eigenvalue weighted by Gasteiger charge is -2.24. The van der Waals surface area contributed by atoms with Crippen LogP contribution in [0.2, 0.25) is 0 Å². The number of nitrogens with zero attached hydrogens (tertiary/aromatic N) is 5. The fourth-order valence-electron chi connectivity index (χ4n) is 2.67. The van der Waals surface area contributed by atoms with Crippen LogP contribution in [0.3, 0.4) is 0 Å². The van der Waals surface area contributed by atoms with E-state index >= 15 is 0 Å². The van der Waals surface area contributed by atoms with Crippen LogP contribution in [0.25, 0.3) is 0 Å². The number of aliphatic hydroxyl groups is 1. The summed E-state index contributed by atoms with van der Waals surface area (Å²) < 4.78 is 1.89. The standard InChI is InChI=1S/C12H23N5O/c1-3-6-17-12(13-14-15-17)9-16-7-4-5-11(16)8-10(2)18/h10-11,18H,3-9H2,1-2H3. The van der Waals surface area contributed by atoms with E-state index in [4.69, 9.17) is 0 Å². The molecule has 2 heterocycles. The predicted molar refractivity (Wildman–Crippen MR) is 67.8 cm³/mol. The third-order valence-corrected chi connectivity index (χ3v) is 3.50. The van der Waals surface area contributed by atoms with Crippen molar-refractivity contribution >= 4 is 0 Å². The summed E-state index contributed by atoms with van der Waals surface area (Å²) in [6.45, 7) is 6.73. The largest absolute Gasteiger partial charge is 0.393 e. The van der Waals surface area contributed by atoms with E-state index in [2.05, 4.69) is 27.3 Å². The van der Waals surface area contributed by atoms with Gasteiger partial charge < -0.3 is 5.11 Å². The Morgan fingerprint density at radius 3 is 3.06 bits per heavy atom. The van der Waals surface area contributed by atoms with Gasteiger partial charge in [-0.15, -0.1) is 5.10 Å². The molecule has 102 valence electrons. The second-order valence-electron chi connectivity index (χ2n) is 5.17. The SMILES string of the molecule is CCCn1nnnc1CN1CCCC1CC(C)O. The van der Waals surface area contributed by atoms with Crippen molar-refractivity contribution in [2.75, 3.05) is 6.54 Å². The second kappa shape index (κ2) is 6.24. The highest BCUT2D eigenvalue weighted by molar-refractivity contribution is 4.87. The highest BCUT2D eigenvalue weighted by Crippen LogP contribution is 2.22. The lowest BCUT2D eigenvalue weighted by Crippen LogP contribution is -2.32. The van der Waals surface area contributed by atoms with E-state index in [0.29, 0.717) is 6.04 Å². The van der Waals surface area contributed by atoms with E-state index in [-0.39, 0.29) is 6.10 Å². The molecule has 1 N–H and O–H groups in total. The molecule has 0 bridgehead atoms. The first-order valence-electron chi connectivity index (χ1n) is 6.88. The molecule has 0 aliphatic carbocycles. The first kappa shape index (κ1) is 13.4. The van der Waals surface area contributed by atoms with Gasteiger partial charge in [0.15, 0.2) is 5.82 Å². The summed E-state index contributed by atoms with van der Waals surface area (Å²) in [6.07, 6.45) is 4.01. The van der Waals surface area contributed by atoms with Gasteiger partial charge in [0.05, 0.1) is 12.6 Å². The summed E-state index contributed by atoms with van der Waals surface area (Å²) in [6, 6.07) is 0.469. The lowest BCUT2D eigenvalue weighted by atomic mass is 10.1. The van der Waals surface area contributed by atoms with Gasteiger partial charge in [0.1, 0.15) is 0 Å². The van der Waals surface area contributed by atoms with Gasteiger partial charge in [-0.05, 0) is 49.6 Å². The molecule has 1 aromatic rings. The van der Waals surface area contributed by atoms with E-state index in [1.807, 2.05) is 11.6 Å². The molecule has 0 aromatic carbocycles. The topological polar surface area (TPSA) is 67.1 Å². The molecule has 2 atom stereocenters. The van der Waals surface area contributed by atoms with Gasteiger partial charge in [-0.25, -0.2) is 4.68 Å². The van der Waals surface area contributed by atoms with Crippen molar-refractivity contribution in [2.24, 2.45) is 0 Å². The molecule has 1 aliphatic heterocycles. The average molecular weight is 253 g/mol. The highest BCUT2D eigenvalue weighted by atomic mass is 16.3. The van der Waals surface area contributed by atoms with Gasteiger partial charge >= 0.3 is 0 Å². The van der Waals surface area contributed by atoms with E-state index in [1.54, 1.807) is 0 Å². The van der Waals surface area contributed by atoms with Gasteiger partial charge in [0.25, 0.3) is 0 Å². The second-order valence-corrected chi connectivity index (χ2v) is 5.17. The zero-order valence-electron chi connectivity index (χ0n) is 11.3. The van der Waals surface area contributed by atoms with Crippen molar-refractivity contribution in [3.63, 3.8) is 0 Å². The molecule has 2 rings (SSSR count). The highest BCUT2D eigenvalue weighted by Gasteiger charge is 2.26. The lowest BCUT2D eigenvalue weighted by molar-refractivity contribution is 0.128. The summed E-state index contributed by atoms with van der Waals surface area (Å²) in [5.41, 5.74) is 0. The summed E-state index contributed by atoms with van der Waals surface area (Å²) in [5.74, 6) is 0.939. The third-order valence-electron chi connectivity index (χ3n) is 3.50. The van der Waals surface area contributed by atoms with Crippen LogP contribution in [0.1, 0.15) is 45.4 Å². The number of rotatable bonds is 6. The molecule has 0 radical (unpaired) electrons. The quantitative estimate of drug-likeness (QED) is 0.813. The van der Waals surface area contributed by atoms with Crippen molar-refractivity contribution in [3.8, 4) is 0 Å². The monoisotopic (exact) mass is 253 g/mol. The van der Waals surface area contributed by atoms with E-state index in [0.717, 1.165) is 38.3 Å². The molecule has 18 heavy (non-hydrogen) atoms. The molecule has 6 heteroatoms. The van der Waals surface area contributed by atoms with Crippen molar-refractivity contribution in [2.45, 2.75) is 64.8 Å². The van der Waals surface area contributed by atoms with Crippen LogP contribution in [-0.4, -0.2) is 48.9 Å². The van der Waals surface area contributed by atoms with Crippen LogP contribution in [0.4, 0.5) is 0 Å². The van der Waals surface area contributed by atoms with Gasteiger partial charge in [-0.3, -0.25) is 4.90 Å². The minimum Gasteiger partial charge on any atom is -0.393 e. The molecule has 1 fully saturated rings. The molecule has 0 saturated carbocycles. The summed E-state index contributed by atoms with van der Waals surface area (Å²) in [7, 11) is 0. The van der Waals surface area contributed by atoms with Crippen molar-refractivity contribution < 1.29 is 5.11 Å². The van der Waals surface area contributed by atoms with Gasteiger partial charge in [0, 0.05) is 12.6 Å². The Morgan fingerprint density at radius 1 is 1.50 bits per heavy atom. The van der Waals surface area contributed by atoms with Crippen LogP contribution in [-0.2, 0) is 13.1 Å². The fraction of sp³-hybridized carbons (Fsp3) is 0.917. The first-order valence-corrected chi connectivity index (χ1v) is 6.88. The first-order chi connectivity index (χ1) is 8.70. The van der Waals surface area contributed by atoms with Crippen LogP contribution < -0.4 is 0 Å². The van der Waals surface area contributed by atoms with Crippen molar-refractivity contribution in [1.29, 1.82) is 0 Å². The van der Waals surface area contributed by atoms with Gasteiger partial charge in [0.2, 0.25) is 0 Å². The third kappa shape index (κ3) is 3.26. The molecule has 0 spiro atoms. The minimum absolute atomic E-state index is 0.234. The number of aliphatic hydroxyl groups excluding tert-OH is 1. The molecule has 1 aromatic heterocycles. The summed E-state index contributed by atoms with van der Waals surface area (Å²) >= 11 is 0. The van der Waals surface area contributed by atoms with Crippen LogP contribution in [0.5, 0.6) is 0 Å². The number of tetrazole rings is 1. The molecular formula is C12H23N5O. The average Bonchev–Trinajstić information content (AvgIpc) is 2.91. The normalized spacial score (nSPS) is 22.5. The Kier molecular flexibility index (Phi) is 4.66. The summed E-state index contributed by atoms with van der Waals surface area (Å²) in [4.78, 5) is 2.39. The molecule has 6 nitrogen and oxygen atoms in total. The molecule has 1 saturated heterocycles. The Labute approximate surface area is 108 Å². The number of aromatic nitrogens is 4. The van der Waals surface area contributed by atoms with Crippen LogP contribution >= 0.6 is 0 Å². The van der Waals surface area contributed by atoms with Crippen LogP contribution in [0.15, 0.2) is 0 Å².